The van der Waals surface area contributed by atoms with E-state index < -0.39 is 0 Å². The largest absolute Gasteiger partial charge is 0.497 e. The van der Waals surface area contributed by atoms with Gasteiger partial charge in [-0.05, 0) is 35.9 Å². The molecule has 0 radical (unpaired) electrons. The fraction of sp³-hybridized carbons (Fsp3) is 0.118. The average Bonchev–Trinajstić information content (AvgIpc) is 2.84. The lowest BCUT2D eigenvalue weighted by Crippen LogP contribution is -2.27. The zero-order chi connectivity index (χ0) is 16.2. The van der Waals surface area contributed by atoms with Crippen molar-refractivity contribution in [2.24, 2.45) is 0 Å². The summed E-state index contributed by atoms with van der Waals surface area (Å²) in [5, 5.41) is 0. The summed E-state index contributed by atoms with van der Waals surface area (Å²) in [4.78, 5) is 19.0. The van der Waals surface area contributed by atoms with Crippen LogP contribution in [0, 0.1) is 0 Å². The number of carbonyl (C=O) groups excluding carboxylic acids is 1. The Morgan fingerprint density at radius 1 is 1.26 bits per heavy atom. The Morgan fingerprint density at radius 2 is 2.04 bits per heavy atom. The number of hydrogen-bond acceptors (Lipinski definition) is 5. The summed E-state index contributed by atoms with van der Waals surface area (Å²) in [7, 11) is 1.62. The van der Waals surface area contributed by atoms with E-state index in [4.69, 9.17) is 17.0 Å². The number of hydrogen-bond donors (Lipinski definition) is 0. The number of aromatic nitrogens is 1. The predicted octanol–water partition coefficient (Wildman–Crippen LogP) is 3.49. The molecule has 116 valence electrons. The molecule has 1 aromatic heterocycles. The lowest BCUT2D eigenvalue weighted by molar-refractivity contribution is -0.122. The lowest BCUT2D eigenvalue weighted by atomic mass is 10.2. The van der Waals surface area contributed by atoms with Gasteiger partial charge in [0, 0.05) is 6.20 Å². The van der Waals surface area contributed by atoms with E-state index in [1.807, 2.05) is 42.5 Å². The third-order valence-corrected chi connectivity index (χ3v) is 4.72. The second-order valence-electron chi connectivity index (χ2n) is 4.87. The molecule has 1 fully saturated rings. The minimum atomic E-state index is -0.0820. The van der Waals surface area contributed by atoms with Crippen molar-refractivity contribution < 1.29 is 9.53 Å². The van der Waals surface area contributed by atoms with Gasteiger partial charge in [-0.3, -0.25) is 14.7 Å². The van der Waals surface area contributed by atoms with Crippen molar-refractivity contribution >= 4 is 40.3 Å². The Labute approximate surface area is 144 Å². The molecule has 0 N–H and O–H groups in total. The molecular formula is C17H14N2O2S2. The molecule has 4 nitrogen and oxygen atoms in total. The van der Waals surface area contributed by atoms with Crippen LogP contribution in [0.25, 0.3) is 6.08 Å². The van der Waals surface area contributed by atoms with E-state index in [1.54, 1.807) is 24.3 Å². The van der Waals surface area contributed by atoms with Crippen molar-refractivity contribution in [2.45, 2.75) is 6.54 Å². The highest BCUT2D eigenvalue weighted by molar-refractivity contribution is 8.26. The molecule has 0 atom stereocenters. The maximum absolute atomic E-state index is 12.5. The monoisotopic (exact) mass is 342 g/mol. The molecule has 3 rings (SSSR count). The number of thioether (sulfide) groups is 1. The molecule has 2 heterocycles. The SMILES string of the molecule is COc1ccc(CN2C(=O)C(=Cc3ccccn3)SC2=S)cc1. The topological polar surface area (TPSA) is 42.4 Å². The summed E-state index contributed by atoms with van der Waals surface area (Å²) in [6.45, 7) is 0.453. The van der Waals surface area contributed by atoms with Gasteiger partial charge >= 0.3 is 0 Å². The van der Waals surface area contributed by atoms with Crippen LogP contribution in [0.15, 0.2) is 53.6 Å². The van der Waals surface area contributed by atoms with Crippen LogP contribution in [0.1, 0.15) is 11.3 Å². The number of pyridine rings is 1. The van der Waals surface area contributed by atoms with Crippen LogP contribution in [0.2, 0.25) is 0 Å². The Kier molecular flexibility index (Phi) is 4.73. The highest BCUT2D eigenvalue weighted by Gasteiger charge is 2.32. The molecule has 23 heavy (non-hydrogen) atoms. The maximum atomic E-state index is 12.5. The first-order valence-electron chi connectivity index (χ1n) is 6.97. The van der Waals surface area contributed by atoms with Crippen molar-refractivity contribution in [3.8, 4) is 5.75 Å². The molecule has 0 spiro atoms. The van der Waals surface area contributed by atoms with Crippen LogP contribution in [0.5, 0.6) is 5.75 Å². The molecule has 0 bridgehead atoms. The van der Waals surface area contributed by atoms with Crippen molar-refractivity contribution in [3.05, 3.63) is 64.8 Å². The van der Waals surface area contributed by atoms with Gasteiger partial charge < -0.3 is 4.74 Å². The molecule has 2 aromatic rings. The molecule has 1 aliphatic rings. The van der Waals surface area contributed by atoms with Gasteiger partial charge in [0.25, 0.3) is 5.91 Å². The van der Waals surface area contributed by atoms with E-state index in [0.29, 0.717) is 15.8 Å². The molecular weight excluding hydrogens is 328 g/mol. The quantitative estimate of drug-likeness (QED) is 0.628. The van der Waals surface area contributed by atoms with Crippen LogP contribution in [0.3, 0.4) is 0 Å². The lowest BCUT2D eigenvalue weighted by Gasteiger charge is -2.14. The van der Waals surface area contributed by atoms with Gasteiger partial charge in [-0.2, -0.15) is 0 Å². The summed E-state index contributed by atoms with van der Waals surface area (Å²) in [5.74, 6) is 0.704. The van der Waals surface area contributed by atoms with Crippen LogP contribution in [-0.4, -0.2) is 27.2 Å². The van der Waals surface area contributed by atoms with Gasteiger partial charge in [0.15, 0.2) is 0 Å². The molecule has 0 unspecified atom stereocenters. The molecule has 1 amide bonds. The first kappa shape index (κ1) is 15.7. The average molecular weight is 342 g/mol. The van der Waals surface area contributed by atoms with Crippen molar-refractivity contribution in [2.75, 3.05) is 7.11 Å². The van der Waals surface area contributed by atoms with Gasteiger partial charge in [-0.1, -0.05) is 42.2 Å². The standard InChI is InChI=1S/C17H14N2O2S2/c1-21-14-7-5-12(6-8-14)11-19-16(20)15(23-17(19)22)10-13-4-2-3-9-18-13/h2-10H,11H2,1H3. The third kappa shape index (κ3) is 3.60. The molecule has 0 aliphatic carbocycles. The number of amides is 1. The minimum absolute atomic E-state index is 0.0820. The number of ether oxygens (including phenoxy) is 1. The normalized spacial score (nSPS) is 16.2. The van der Waals surface area contributed by atoms with Crippen LogP contribution in [-0.2, 0) is 11.3 Å². The second kappa shape index (κ2) is 6.93. The number of rotatable bonds is 4. The Hall–Kier alpha value is -2.18. The van der Waals surface area contributed by atoms with Crippen LogP contribution >= 0.6 is 24.0 Å². The zero-order valence-electron chi connectivity index (χ0n) is 12.4. The molecule has 6 heteroatoms. The highest BCUT2D eigenvalue weighted by atomic mass is 32.2. The number of thiocarbonyl (C=S) groups is 1. The molecule has 1 aromatic carbocycles. The van der Waals surface area contributed by atoms with Crippen molar-refractivity contribution in [1.29, 1.82) is 0 Å². The summed E-state index contributed by atoms with van der Waals surface area (Å²) in [5.41, 5.74) is 1.75. The maximum Gasteiger partial charge on any atom is 0.266 e. The van der Waals surface area contributed by atoms with E-state index in [9.17, 15) is 4.79 Å². The van der Waals surface area contributed by atoms with E-state index >= 15 is 0 Å². The summed E-state index contributed by atoms with van der Waals surface area (Å²) < 4.78 is 5.70. The number of benzene rings is 1. The Bertz CT molecular complexity index is 758. The van der Waals surface area contributed by atoms with Gasteiger partial charge in [0.2, 0.25) is 0 Å². The fourth-order valence-corrected chi connectivity index (χ4v) is 3.39. The molecule has 0 saturated carbocycles. The Balaban J connectivity index is 1.77. The fourth-order valence-electron chi connectivity index (χ4n) is 2.15. The minimum Gasteiger partial charge on any atom is -0.497 e. The van der Waals surface area contributed by atoms with Gasteiger partial charge in [0.1, 0.15) is 10.1 Å². The summed E-state index contributed by atoms with van der Waals surface area (Å²) >= 11 is 6.65. The van der Waals surface area contributed by atoms with E-state index in [0.717, 1.165) is 17.0 Å². The second-order valence-corrected chi connectivity index (χ2v) is 6.55. The van der Waals surface area contributed by atoms with Gasteiger partial charge in [-0.15, -0.1) is 0 Å². The smallest absolute Gasteiger partial charge is 0.266 e. The molecule has 1 aliphatic heterocycles. The number of nitrogens with zero attached hydrogens (tertiary/aromatic N) is 2. The highest BCUT2D eigenvalue weighted by Crippen LogP contribution is 2.33. The molecule has 1 saturated heterocycles. The summed E-state index contributed by atoms with van der Waals surface area (Å²) in [6.07, 6.45) is 3.47. The van der Waals surface area contributed by atoms with E-state index in [2.05, 4.69) is 4.98 Å². The number of carbonyl (C=O) groups is 1. The zero-order valence-corrected chi connectivity index (χ0v) is 14.1. The van der Waals surface area contributed by atoms with E-state index in [1.165, 1.54) is 11.8 Å². The Morgan fingerprint density at radius 3 is 2.70 bits per heavy atom. The van der Waals surface area contributed by atoms with Crippen molar-refractivity contribution in [3.63, 3.8) is 0 Å². The van der Waals surface area contributed by atoms with Crippen molar-refractivity contribution in [1.82, 2.24) is 9.88 Å². The van der Waals surface area contributed by atoms with Gasteiger partial charge in [0.05, 0.1) is 24.3 Å². The van der Waals surface area contributed by atoms with Crippen LogP contribution in [0.4, 0.5) is 0 Å². The van der Waals surface area contributed by atoms with Gasteiger partial charge in [-0.25, -0.2) is 0 Å². The van der Waals surface area contributed by atoms with Crippen LogP contribution < -0.4 is 4.74 Å². The first-order chi connectivity index (χ1) is 11.2. The third-order valence-electron chi connectivity index (χ3n) is 3.34. The first-order valence-corrected chi connectivity index (χ1v) is 8.19. The van der Waals surface area contributed by atoms with E-state index in [-0.39, 0.29) is 5.91 Å². The number of methoxy groups -OCH3 is 1. The predicted molar refractivity (Wildman–Crippen MR) is 95.9 cm³/mol. The summed E-state index contributed by atoms with van der Waals surface area (Å²) in [6, 6.07) is 13.2.